The van der Waals surface area contributed by atoms with E-state index in [4.69, 9.17) is 11.6 Å². The van der Waals surface area contributed by atoms with Crippen LogP contribution in [0.2, 0.25) is 5.02 Å². The van der Waals surface area contributed by atoms with Gasteiger partial charge in [-0.15, -0.1) is 0 Å². The molecule has 34 heavy (non-hydrogen) atoms. The number of amides is 3. The van der Waals surface area contributed by atoms with Gasteiger partial charge in [0.15, 0.2) is 0 Å². The number of hydrazone groups is 1. The second kappa shape index (κ2) is 7.81. The first-order valence-corrected chi connectivity index (χ1v) is 11.3. The lowest BCUT2D eigenvalue weighted by Crippen LogP contribution is -2.46. The van der Waals surface area contributed by atoms with Gasteiger partial charge in [0.2, 0.25) is 17.7 Å². The molecule has 6 rings (SSSR count). The average molecular weight is 471 g/mol. The molecule has 0 bridgehead atoms. The molecule has 2 saturated heterocycles. The van der Waals surface area contributed by atoms with Gasteiger partial charge in [0.1, 0.15) is 6.04 Å². The van der Waals surface area contributed by atoms with Crippen molar-refractivity contribution in [2.45, 2.75) is 12.1 Å². The molecule has 1 unspecified atom stereocenters. The lowest BCUT2D eigenvalue weighted by Gasteiger charge is -2.33. The van der Waals surface area contributed by atoms with Crippen LogP contribution < -0.4 is 10.2 Å². The standard InChI is InChI=1S/C26H19ClN4O3/c27-16-10-12-17(13-11-16)29-24(32)23-21-20(22-19-9-5-4-6-15(19)14-28-31(22)23)25(33)30(26(21)34)18-7-2-1-3-8-18/h1-14,20-23H,(H,29,32)/t20-,21+,22?,23-/m1/s1. The lowest BCUT2D eigenvalue weighted by atomic mass is 9.85. The Hall–Kier alpha value is -3.97. The van der Waals surface area contributed by atoms with Gasteiger partial charge in [-0.3, -0.25) is 19.4 Å². The maximum atomic E-state index is 13.7. The summed E-state index contributed by atoms with van der Waals surface area (Å²) in [4.78, 5) is 42.2. The van der Waals surface area contributed by atoms with E-state index in [0.29, 0.717) is 16.4 Å². The van der Waals surface area contributed by atoms with Crippen molar-refractivity contribution in [3.63, 3.8) is 0 Å². The number of benzene rings is 3. The Morgan fingerprint density at radius 1 is 0.853 bits per heavy atom. The molecule has 3 aliphatic rings. The summed E-state index contributed by atoms with van der Waals surface area (Å²) in [6.45, 7) is 0. The third-order valence-electron chi connectivity index (χ3n) is 6.69. The van der Waals surface area contributed by atoms with Crippen LogP contribution in [0.25, 0.3) is 0 Å². The number of halogens is 1. The van der Waals surface area contributed by atoms with Gasteiger partial charge >= 0.3 is 0 Å². The molecule has 3 aromatic rings. The van der Waals surface area contributed by atoms with Crippen molar-refractivity contribution in [3.8, 4) is 0 Å². The summed E-state index contributed by atoms with van der Waals surface area (Å²) in [5.74, 6) is -2.70. The normalized spacial score (nSPS) is 24.6. The van der Waals surface area contributed by atoms with Gasteiger partial charge in [-0.05, 0) is 47.5 Å². The highest BCUT2D eigenvalue weighted by Crippen LogP contribution is 2.52. The highest BCUT2D eigenvalue weighted by molar-refractivity contribution is 6.30. The van der Waals surface area contributed by atoms with Crippen LogP contribution in [0, 0.1) is 11.8 Å². The van der Waals surface area contributed by atoms with E-state index in [1.54, 1.807) is 59.8 Å². The van der Waals surface area contributed by atoms with Crippen molar-refractivity contribution >= 4 is 46.9 Å². The third kappa shape index (κ3) is 3.04. The minimum atomic E-state index is -0.944. The van der Waals surface area contributed by atoms with E-state index in [1.807, 2.05) is 30.3 Å². The molecule has 0 saturated carbocycles. The Balaban J connectivity index is 1.44. The molecule has 4 atom stereocenters. The Bertz CT molecular complexity index is 1340. The molecule has 3 heterocycles. The van der Waals surface area contributed by atoms with Crippen LogP contribution in [0.15, 0.2) is 84.0 Å². The fourth-order valence-corrected chi connectivity index (χ4v) is 5.38. The zero-order valence-electron chi connectivity index (χ0n) is 17.8. The number of rotatable bonds is 3. The fourth-order valence-electron chi connectivity index (χ4n) is 5.25. The van der Waals surface area contributed by atoms with Crippen molar-refractivity contribution in [3.05, 3.63) is 95.0 Å². The quantitative estimate of drug-likeness (QED) is 0.589. The number of para-hydroxylation sites is 1. The predicted octanol–water partition coefficient (Wildman–Crippen LogP) is 3.86. The molecule has 0 aliphatic carbocycles. The van der Waals surface area contributed by atoms with Crippen molar-refractivity contribution < 1.29 is 14.4 Å². The highest BCUT2D eigenvalue weighted by Gasteiger charge is 2.65. The summed E-state index contributed by atoms with van der Waals surface area (Å²) in [5, 5.41) is 9.59. The maximum absolute atomic E-state index is 13.7. The number of carbonyl (C=O) groups excluding carboxylic acids is 3. The van der Waals surface area contributed by atoms with Gasteiger partial charge in [-0.1, -0.05) is 54.1 Å². The summed E-state index contributed by atoms with van der Waals surface area (Å²) in [7, 11) is 0. The van der Waals surface area contributed by atoms with Crippen molar-refractivity contribution in [1.82, 2.24) is 5.01 Å². The smallest absolute Gasteiger partial charge is 0.249 e. The molecule has 2 fully saturated rings. The zero-order chi connectivity index (χ0) is 23.4. The van der Waals surface area contributed by atoms with Crippen molar-refractivity contribution in [2.24, 2.45) is 16.9 Å². The Morgan fingerprint density at radius 2 is 1.53 bits per heavy atom. The average Bonchev–Trinajstić information content (AvgIpc) is 3.33. The second-order valence-electron chi connectivity index (χ2n) is 8.54. The summed E-state index contributed by atoms with van der Waals surface area (Å²) < 4.78 is 0. The SMILES string of the molecule is O=C(Nc1ccc(Cl)cc1)[C@H]1[C@H]2C(=O)N(c3ccccc3)C(=O)[C@H]2C2c3ccccc3C=NN21. The number of carbonyl (C=O) groups is 3. The maximum Gasteiger partial charge on any atom is 0.249 e. The third-order valence-corrected chi connectivity index (χ3v) is 6.94. The number of anilines is 2. The monoisotopic (exact) mass is 470 g/mol. The first-order chi connectivity index (χ1) is 16.5. The molecule has 7 nitrogen and oxygen atoms in total. The first kappa shape index (κ1) is 20.6. The fraction of sp³-hybridized carbons (Fsp3) is 0.154. The summed E-state index contributed by atoms with van der Waals surface area (Å²) in [6, 6.07) is 21.7. The number of nitrogens with one attached hydrogen (secondary N) is 1. The van der Waals surface area contributed by atoms with Crippen LogP contribution in [-0.2, 0) is 14.4 Å². The number of fused-ring (bicyclic) bond motifs is 5. The largest absolute Gasteiger partial charge is 0.324 e. The van der Waals surface area contributed by atoms with Gasteiger partial charge in [0.05, 0.1) is 29.8 Å². The summed E-state index contributed by atoms with van der Waals surface area (Å²) in [6.07, 6.45) is 1.68. The number of nitrogens with zero attached hydrogens (tertiary/aromatic N) is 3. The van der Waals surface area contributed by atoms with Crippen LogP contribution in [-0.4, -0.2) is 35.0 Å². The van der Waals surface area contributed by atoms with Crippen molar-refractivity contribution in [1.29, 1.82) is 0 Å². The van der Waals surface area contributed by atoms with E-state index >= 15 is 0 Å². The number of hydrogen-bond acceptors (Lipinski definition) is 5. The van der Waals surface area contributed by atoms with Gasteiger partial charge in [-0.2, -0.15) is 5.10 Å². The molecular weight excluding hydrogens is 452 g/mol. The molecule has 3 amide bonds. The summed E-state index contributed by atoms with van der Waals surface area (Å²) >= 11 is 5.97. The van der Waals surface area contributed by atoms with E-state index < -0.39 is 29.8 Å². The van der Waals surface area contributed by atoms with Gasteiger partial charge in [0.25, 0.3) is 0 Å². The van der Waals surface area contributed by atoms with E-state index in [-0.39, 0.29) is 11.8 Å². The van der Waals surface area contributed by atoms with Gasteiger partial charge < -0.3 is 5.32 Å². The van der Waals surface area contributed by atoms with Crippen molar-refractivity contribution in [2.75, 3.05) is 10.2 Å². The molecule has 3 aromatic carbocycles. The van der Waals surface area contributed by atoms with Crippen LogP contribution in [0.5, 0.6) is 0 Å². The molecule has 0 radical (unpaired) electrons. The van der Waals surface area contributed by atoms with E-state index in [2.05, 4.69) is 10.4 Å². The minimum Gasteiger partial charge on any atom is -0.324 e. The topological polar surface area (TPSA) is 82.1 Å². The molecular formula is C26H19ClN4O3. The number of hydrogen-bond donors (Lipinski definition) is 1. The van der Waals surface area contributed by atoms with E-state index in [0.717, 1.165) is 11.1 Å². The molecule has 8 heteroatoms. The molecule has 1 N–H and O–H groups in total. The van der Waals surface area contributed by atoms with Crippen LogP contribution >= 0.6 is 11.6 Å². The van der Waals surface area contributed by atoms with Crippen LogP contribution in [0.4, 0.5) is 11.4 Å². The number of imide groups is 1. The first-order valence-electron chi connectivity index (χ1n) is 10.9. The van der Waals surface area contributed by atoms with Gasteiger partial charge in [0, 0.05) is 10.7 Å². The Labute approximate surface area is 200 Å². The molecule has 0 spiro atoms. The van der Waals surface area contributed by atoms with E-state index in [1.165, 1.54) is 4.90 Å². The highest BCUT2D eigenvalue weighted by atomic mass is 35.5. The van der Waals surface area contributed by atoms with Gasteiger partial charge in [-0.25, -0.2) is 4.90 Å². The Kier molecular flexibility index (Phi) is 4.74. The zero-order valence-corrected chi connectivity index (χ0v) is 18.6. The van der Waals surface area contributed by atoms with E-state index in [9.17, 15) is 14.4 Å². The molecule has 168 valence electrons. The summed E-state index contributed by atoms with van der Waals surface area (Å²) in [5.41, 5.74) is 2.81. The minimum absolute atomic E-state index is 0.315. The lowest BCUT2D eigenvalue weighted by molar-refractivity contribution is -0.129. The molecule has 3 aliphatic heterocycles. The second-order valence-corrected chi connectivity index (χ2v) is 8.97. The molecule has 0 aromatic heterocycles. The van der Waals surface area contributed by atoms with Crippen LogP contribution in [0.1, 0.15) is 17.2 Å². The van der Waals surface area contributed by atoms with Crippen LogP contribution in [0.3, 0.4) is 0 Å². The Morgan fingerprint density at radius 3 is 2.29 bits per heavy atom. The predicted molar refractivity (Wildman–Crippen MR) is 128 cm³/mol.